The summed E-state index contributed by atoms with van der Waals surface area (Å²) in [6.07, 6.45) is 4.30. The summed E-state index contributed by atoms with van der Waals surface area (Å²) in [5.41, 5.74) is 0.680. The first kappa shape index (κ1) is 12.8. The Morgan fingerprint density at radius 3 is 2.21 bits per heavy atom. The highest BCUT2D eigenvalue weighted by Gasteiger charge is 2.17. The summed E-state index contributed by atoms with van der Waals surface area (Å²) in [6.45, 7) is 8.02. The van der Waals surface area contributed by atoms with Crippen LogP contribution in [0.15, 0.2) is 23.6 Å². The van der Waals surface area contributed by atoms with Gasteiger partial charge in [0.25, 0.3) is 0 Å². The average Bonchev–Trinajstić information content (AvgIpc) is 2.10. The van der Waals surface area contributed by atoms with Crippen LogP contribution in [0.5, 0.6) is 0 Å². The van der Waals surface area contributed by atoms with Crippen LogP contribution in [-0.2, 0) is 9.53 Å². The Kier molecular flexibility index (Phi) is 4.99. The van der Waals surface area contributed by atoms with Gasteiger partial charge in [-0.2, -0.15) is 0 Å². The number of amides is 1. The molecule has 14 heavy (non-hydrogen) atoms. The Balaban J connectivity index is 4.82. The third-order valence-electron chi connectivity index (χ3n) is 1.78. The standard InChI is InChI=1S/C11H19NO2/c1-6-9(12-8-13)7-10(14-5)11(2,3)4/h6-8H,1-5H3,(H,12,13)/b9-6-,10-7-. The largest absolute Gasteiger partial charge is 0.500 e. The van der Waals surface area contributed by atoms with E-state index in [4.69, 9.17) is 4.74 Å². The Bertz CT molecular complexity index is 247. The maximum Gasteiger partial charge on any atom is 0.211 e. The van der Waals surface area contributed by atoms with Crippen molar-refractivity contribution < 1.29 is 9.53 Å². The minimum absolute atomic E-state index is 0.0619. The molecular weight excluding hydrogens is 178 g/mol. The number of hydrogen-bond acceptors (Lipinski definition) is 2. The average molecular weight is 197 g/mol. The van der Waals surface area contributed by atoms with E-state index >= 15 is 0 Å². The van der Waals surface area contributed by atoms with Crippen LogP contribution < -0.4 is 5.32 Å². The third-order valence-corrected chi connectivity index (χ3v) is 1.78. The fourth-order valence-electron chi connectivity index (χ4n) is 0.999. The molecule has 0 aromatic carbocycles. The highest BCUT2D eigenvalue weighted by molar-refractivity contribution is 5.52. The van der Waals surface area contributed by atoms with Gasteiger partial charge in [0.1, 0.15) is 5.76 Å². The van der Waals surface area contributed by atoms with Crippen LogP contribution in [0.2, 0.25) is 0 Å². The Labute approximate surface area is 85.8 Å². The summed E-state index contributed by atoms with van der Waals surface area (Å²) < 4.78 is 5.26. The van der Waals surface area contributed by atoms with E-state index in [-0.39, 0.29) is 5.41 Å². The summed E-state index contributed by atoms with van der Waals surface area (Å²) in [5.74, 6) is 0.833. The van der Waals surface area contributed by atoms with E-state index in [1.807, 2.05) is 19.1 Å². The zero-order valence-electron chi connectivity index (χ0n) is 9.55. The van der Waals surface area contributed by atoms with Crippen molar-refractivity contribution in [2.75, 3.05) is 7.11 Å². The van der Waals surface area contributed by atoms with Crippen LogP contribution in [0, 0.1) is 5.41 Å². The topological polar surface area (TPSA) is 38.3 Å². The minimum atomic E-state index is -0.0619. The molecule has 0 unspecified atom stereocenters. The first-order valence-electron chi connectivity index (χ1n) is 4.58. The van der Waals surface area contributed by atoms with Crippen molar-refractivity contribution in [3.8, 4) is 0 Å². The van der Waals surface area contributed by atoms with Crippen molar-refractivity contribution in [2.24, 2.45) is 5.41 Å². The molecule has 0 fully saturated rings. The van der Waals surface area contributed by atoms with Crippen LogP contribution >= 0.6 is 0 Å². The first-order valence-corrected chi connectivity index (χ1v) is 4.58. The van der Waals surface area contributed by atoms with E-state index in [9.17, 15) is 4.79 Å². The van der Waals surface area contributed by atoms with Gasteiger partial charge in [-0.25, -0.2) is 0 Å². The SMILES string of the molecule is C/C=C(/C=C(\OC)C(C)(C)C)NC=O. The van der Waals surface area contributed by atoms with Gasteiger partial charge in [-0.3, -0.25) is 4.79 Å². The molecule has 0 aliphatic heterocycles. The molecule has 0 radical (unpaired) electrons. The van der Waals surface area contributed by atoms with Crippen molar-refractivity contribution in [1.82, 2.24) is 5.32 Å². The van der Waals surface area contributed by atoms with Crippen LogP contribution in [0.3, 0.4) is 0 Å². The Hall–Kier alpha value is -1.25. The van der Waals surface area contributed by atoms with Crippen molar-refractivity contribution in [3.05, 3.63) is 23.6 Å². The first-order chi connectivity index (χ1) is 6.45. The van der Waals surface area contributed by atoms with Gasteiger partial charge in [-0.05, 0) is 13.0 Å². The molecule has 0 saturated heterocycles. The predicted octanol–water partition coefficient (Wildman–Crippen LogP) is 2.21. The maximum absolute atomic E-state index is 10.3. The molecule has 0 rings (SSSR count). The number of methoxy groups -OCH3 is 1. The van der Waals surface area contributed by atoms with Crippen molar-refractivity contribution in [3.63, 3.8) is 0 Å². The molecule has 0 aliphatic carbocycles. The third kappa shape index (κ3) is 4.12. The van der Waals surface area contributed by atoms with Gasteiger partial charge < -0.3 is 10.1 Å². The molecule has 0 aliphatic rings. The highest BCUT2D eigenvalue weighted by Crippen LogP contribution is 2.26. The van der Waals surface area contributed by atoms with E-state index < -0.39 is 0 Å². The minimum Gasteiger partial charge on any atom is -0.500 e. The van der Waals surface area contributed by atoms with E-state index in [0.29, 0.717) is 6.41 Å². The molecule has 80 valence electrons. The number of carbonyl (C=O) groups is 1. The molecule has 1 amide bonds. The van der Waals surface area contributed by atoms with Gasteiger partial charge in [-0.15, -0.1) is 0 Å². The molecule has 0 bridgehead atoms. The summed E-state index contributed by atoms with van der Waals surface area (Å²) in [5, 5.41) is 2.59. The molecule has 3 nitrogen and oxygen atoms in total. The lowest BCUT2D eigenvalue weighted by Gasteiger charge is -2.21. The number of ether oxygens (including phenoxy) is 1. The quantitative estimate of drug-likeness (QED) is 0.426. The number of nitrogens with one attached hydrogen (secondary N) is 1. The van der Waals surface area contributed by atoms with Crippen molar-refractivity contribution >= 4 is 6.41 Å². The van der Waals surface area contributed by atoms with Crippen LogP contribution in [-0.4, -0.2) is 13.5 Å². The Morgan fingerprint density at radius 2 is 1.93 bits per heavy atom. The summed E-state index contributed by atoms with van der Waals surface area (Å²) in [6, 6.07) is 0. The number of allylic oxidation sites excluding steroid dienone is 3. The Morgan fingerprint density at radius 1 is 1.36 bits per heavy atom. The van der Waals surface area contributed by atoms with Gasteiger partial charge in [0.2, 0.25) is 6.41 Å². The zero-order valence-corrected chi connectivity index (χ0v) is 9.55. The second-order valence-corrected chi connectivity index (χ2v) is 3.97. The number of rotatable bonds is 4. The monoisotopic (exact) mass is 197 g/mol. The molecule has 3 heteroatoms. The lowest BCUT2D eigenvalue weighted by Crippen LogP contribution is -2.15. The van der Waals surface area contributed by atoms with Gasteiger partial charge >= 0.3 is 0 Å². The smallest absolute Gasteiger partial charge is 0.211 e. The fraction of sp³-hybridized carbons (Fsp3) is 0.545. The lowest BCUT2D eigenvalue weighted by molar-refractivity contribution is -0.108. The van der Waals surface area contributed by atoms with Crippen LogP contribution in [0.1, 0.15) is 27.7 Å². The lowest BCUT2D eigenvalue weighted by atomic mass is 9.93. The second-order valence-electron chi connectivity index (χ2n) is 3.97. The van der Waals surface area contributed by atoms with Crippen molar-refractivity contribution in [1.29, 1.82) is 0 Å². The van der Waals surface area contributed by atoms with Gasteiger partial charge in [0, 0.05) is 11.1 Å². The van der Waals surface area contributed by atoms with Crippen LogP contribution in [0.25, 0.3) is 0 Å². The van der Waals surface area contributed by atoms with Gasteiger partial charge in [0.05, 0.1) is 7.11 Å². The van der Waals surface area contributed by atoms with Crippen molar-refractivity contribution in [2.45, 2.75) is 27.7 Å². The van der Waals surface area contributed by atoms with E-state index in [0.717, 1.165) is 11.5 Å². The number of carbonyl (C=O) groups excluding carboxylic acids is 1. The fourth-order valence-corrected chi connectivity index (χ4v) is 0.999. The van der Waals surface area contributed by atoms with E-state index in [2.05, 4.69) is 26.1 Å². The summed E-state index contributed by atoms with van der Waals surface area (Å²) in [4.78, 5) is 10.3. The maximum atomic E-state index is 10.3. The molecule has 0 atom stereocenters. The molecule has 0 aromatic heterocycles. The normalized spacial score (nSPS) is 13.8. The highest BCUT2D eigenvalue weighted by atomic mass is 16.5. The van der Waals surface area contributed by atoms with E-state index in [1.54, 1.807) is 7.11 Å². The molecule has 0 heterocycles. The van der Waals surface area contributed by atoms with Crippen LogP contribution in [0.4, 0.5) is 0 Å². The molecule has 0 aromatic rings. The molecule has 1 N–H and O–H groups in total. The number of hydrogen-bond donors (Lipinski definition) is 1. The molecular formula is C11H19NO2. The second kappa shape index (κ2) is 5.47. The molecule has 0 saturated carbocycles. The summed E-state index contributed by atoms with van der Waals surface area (Å²) >= 11 is 0. The van der Waals surface area contributed by atoms with Gasteiger partial charge in [-0.1, -0.05) is 26.8 Å². The predicted molar refractivity (Wildman–Crippen MR) is 57.5 cm³/mol. The summed E-state index contributed by atoms with van der Waals surface area (Å²) in [7, 11) is 1.63. The van der Waals surface area contributed by atoms with E-state index in [1.165, 1.54) is 0 Å². The molecule has 0 spiro atoms. The zero-order chi connectivity index (χ0) is 11.2. The van der Waals surface area contributed by atoms with Gasteiger partial charge in [0.15, 0.2) is 0 Å².